The first-order valence-electron chi connectivity index (χ1n) is 3.96. The van der Waals surface area contributed by atoms with Crippen molar-refractivity contribution in [1.82, 2.24) is 5.32 Å². The Morgan fingerprint density at radius 3 is 2.64 bits per heavy atom. The predicted molar refractivity (Wildman–Crippen MR) is 58.2 cm³/mol. The van der Waals surface area contributed by atoms with E-state index in [4.69, 9.17) is 0 Å². The second-order valence-corrected chi connectivity index (χ2v) is 5.13. The molecule has 2 rings (SSSR count). The van der Waals surface area contributed by atoms with Crippen molar-refractivity contribution in [3.63, 3.8) is 0 Å². The fourth-order valence-electron chi connectivity index (χ4n) is 1.08. The molecular weight excluding hydrogens is 218 g/mol. The van der Waals surface area contributed by atoms with Gasteiger partial charge in [0.2, 0.25) is 0 Å². The minimum Gasteiger partial charge on any atom is -0.282 e. The zero-order chi connectivity index (χ0) is 10.1. The van der Waals surface area contributed by atoms with Crippen LogP contribution in [0.5, 0.6) is 0 Å². The SMILES string of the molecule is Cc1ccc(/C=C2/SC(=O)NC2=O)s1. The Labute approximate surface area is 89.2 Å². The molecule has 14 heavy (non-hydrogen) atoms. The highest BCUT2D eigenvalue weighted by atomic mass is 32.2. The highest BCUT2D eigenvalue weighted by Crippen LogP contribution is 2.27. The molecule has 1 fully saturated rings. The van der Waals surface area contributed by atoms with E-state index in [0.29, 0.717) is 4.91 Å². The molecule has 1 aliphatic rings. The third-order valence-electron chi connectivity index (χ3n) is 1.68. The van der Waals surface area contributed by atoms with E-state index < -0.39 is 0 Å². The van der Waals surface area contributed by atoms with Crippen LogP contribution >= 0.6 is 23.1 Å². The zero-order valence-electron chi connectivity index (χ0n) is 7.37. The van der Waals surface area contributed by atoms with E-state index in [1.54, 1.807) is 17.4 Å². The van der Waals surface area contributed by atoms with Gasteiger partial charge in [-0.05, 0) is 36.9 Å². The fourth-order valence-corrected chi connectivity index (χ4v) is 2.65. The van der Waals surface area contributed by atoms with Gasteiger partial charge in [0, 0.05) is 9.75 Å². The zero-order valence-corrected chi connectivity index (χ0v) is 9.00. The van der Waals surface area contributed by atoms with Crippen molar-refractivity contribution in [1.29, 1.82) is 0 Å². The monoisotopic (exact) mass is 225 g/mol. The van der Waals surface area contributed by atoms with Gasteiger partial charge in [-0.2, -0.15) is 0 Å². The average molecular weight is 225 g/mol. The summed E-state index contributed by atoms with van der Waals surface area (Å²) in [7, 11) is 0. The highest BCUT2D eigenvalue weighted by Gasteiger charge is 2.24. The molecule has 3 nitrogen and oxygen atoms in total. The summed E-state index contributed by atoms with van der Waals surface area (Å²) in [6, 6.07) is 3.92. The summed E-state index contributed by atoms with van der Waals surface area (Å²) in [4.78, 5) is 24.7. The number of thioether (sulfide) groups is 1. The number of nitrogens with one attached hydrogen (secondary N) is 1. The van der Waals surface area contributed by atoms with E-state index >= 15 is 0 Å². The van der Waals surface area contributed by atoms with Gasteiger partial charge in [-0.25, -0.2) is 0 Å². The first-order valence-corrected chi connectivity index (χ1v) is 5.60. The van der Waals surface area contributed by atoms with E-state index in [0.717, 1.165) is 16.6 Å². The summed E-state index contributed by atoms with van der Waals surface area (Å²) in [5, 5.41) is 1.92. The van der Waals surface area contributed by atoms with Gasteiger partial charge in [-0.15, -0.1) is 11.3 Å². The molecule has 0 spiro atoms. The van der Waals surface area contributed by atoms with Crippen LogP contribution in [0.15, 0.2) is 17.0 Å². The Kier molecular flexibility index (Phi) is 2.43. The van der Waals surface area contributed by atoms with Gasteiger partial charge in [0.15, 0.2) is 0 Å². The summed E-state index contributed by atoms with van der Waals surface area (Å²) >= 11 is 2.54. The third kappa shape index (κ3) is 1.88. The summed E-state index contributed by atoms with van der Waals surface area (Å²) in [5.74, 6) is -0.300. The van der Waals surface area contributed by atoms with E-state index in [1.807, 2.05) is 19.1 Å². The van der Waals surface area contributed by atoms with Crippen molar-refractivity contribution in [2.24, 2.45) is 0 Å². The number of imide groups is 1. The standard InChI is InChI=1S/C9H7NO2S2/c1-5-2-3-6(13-5)4-7-8(11)10-9(12)14-7/h2-4H,1H3,(H,10,11,12)/b7-4+. The molecule has 0 aromatic carbocycles. The molecule has 0 aliphatic carbocycles. The molecule has 0 atom stereocenters. The van der Waals surface area contributed by atoms with Crippen molar-refractivity contribution in [3.8, 4) is 0 Å². The van der Waals surface area contributed by atoms with Gasteiger partial charge in [0.1, 0.15) is 0 Å². The van der Waals surface area contributed by atoms with Crippen molar-refractivity contribution in [2.45, 2.75) is 6.92 Å². The number of aryl methyl sites for hydroxylation is 1. The van der Waals surface area contributed by atoms with E-state index in [2.05, 4.69) is 5.32 Å². The smallest absolute Gasteiger partial charge is 0.282 e. The Morgan fingerprint density at radius 2 is 2.14 bits per heavy atom. The lowest BCUT2D eigenvalue weighted by atomic mass is 10.4. The van der Waals surface area contributed by atoms with Crippen LogP contribution in [0.25, 0.3) is 6.08 Å². The molecular formula is C9H7NO2S2. The van der Waals surface area contributed by atoms with Crippen molar-refractivity contribution < 1.29 is 9.59 Å². The number of carbonyl (C=O) groups is 2. The molecule has 0 unspecified atom stereocenters. The topological polar surface area (TPSA) is 46.2 Å². The summed E-state index contributed by atoms with van der Waals surface area (Å²) in [5.41, 5.74) is 0. The molecule has 1 N–H and O–H groups in total. The lowest BCUT2D eigenvalue weighted by molar-refractivity contribution is -0.115. The van der Waals surface area contributed by atoms with E-state index in [1.165, 1.54) is 4.88 Å². The largest absolute Gasteiger partial charge is 0.290 e. The number of hydrogen-bond acceptors (Lipinski definition) is 4. The third-order valence-corrected chi connectivity index (χ3v) is 3.43. The number of amides is 2. The Morgan fingerprint density at radius 1 is 1.36 bits per heavy atom. The number of thiophene rings is 1. The Bertz CT molecular complexity index is 434. The molecule has 72 valence electrons. The summed E-state index contributed by atoms with van der Waals surface area (Å²) in [6.45, 7) is 2.00. The first kappa shape index (κ1) is 9.48. The summed E-state index contributed by atoms with van der Waals surface area (Å²) < 4.78 is 0. The number of rotatable bonds is 1. The van der Waals surface area contributed by atoms with Crippen LogP contribution in [0, 0.1) is 6.92 Å². The molecule has 2 amide bonds. The van der Waals surface area contributed by atoms with Crippen LogP contribution in [0.2, 0.25) is 0 Å². The highest BCUT2D eigenvalue weighted by molar-refractivity contribution is 8.18. The van der Waals surface area contributed by atoms with Gasteiger partial charge in [0.05, 0.1) is 4.91 Å². The fraction of sp³-hybridized carbons (Fsp3) is 0.111. The normalized spacial score (nSPS) is 19.1. The Balaban J connectivity index is 2.27. The van der Waals surface area contributed by atoms with Crippen molar-refractivity contribution >= 4 is 40.3 Å². The molecule has 5 heteroatoms. The van der Waals surface area contributed by atoms with Crippen molar-refractivity contribution in [2.75, 3.05) is 0 Å². The van der Waals surface area contributed by atoms with Gasteiger partial charge < -0.3 is 0 Å². The molecule has 0 radical (unpaired) electrons. The van der Waals surface area contributed by atoms with Gasteiger partial charge in [-0.3, -0.25) is 14.9 Å². The molecule has 2 heterocycles. The number of hydrogen-bond donors (Lipinski definition) is 1. The van der Waals surface area contributed by atoms with E-state index in [9.17, 15) is 9.59 Å². The maximum absolute atomic E-state index is 11.2. The minimum absolute atomic E-state index is 0.297. The van der Waals surface area contributed by atoms with Crippen LogP contribution in [0.3, 0.4) is 0 Å². The minimum atomic E-state index is -0.300. The molecule has 1 saturated heterocycles. The van der Waals surface area contributed by atoms with Crippen LogP contribution in [-0.4, -0.2) is 11.1 Å². The average Bonchev–Trinajstić information content (AvgIpc) is 2.61. The maximum atomic E-state index is 11.2. The van der Waals surface area contributed by atoms with Crippen molar-refractivity contribution in [3.05, 3.63) is 26.8 Å². The molecule has 0 saturated carbocycles. The molecule has 0 bridgehead atoms. The predicted octanol–water partition coefficient (Wildman–Crippen LogP) is 2.38. The summed E-state index contributed by atoms with van der Waals surface area (Å²) in [6.07, 6.45) is 1.74. The van der Waals surface area contributed by atoms with Gasteiger partial charge in [0.25, 0.3) is 11.1 Å². The Hall–Kier alpha value is -1.07. The van der Waals surface area contributed by atoms with Crippen LogP contribution in [-0.2, 0) is 4.79 Å². The second-order valence-electron chi connectivity index (χ2n) is 2.80. The van der Waals surface area contributed by atoms with E-state index in [-0.39, 0.29) is 11.1 Å². The lowest BCUT2D eigenvalue weighted by Crippen LogP contribution is -2.17. The second kappa shape index (κ2) is 3.59. The quantitative estimate of drug-likeness (QED) is 0.746. The molecule has 1 aromatic rings. The molecule has 1 aromatic heterocycles. The molecule has 1 aliphatic heterocycles. The first-order chi connectivity index (χ1) is 6.65. The van der Waals surface area contributed by atoms with Crippen LogP contribution in [0.4, 0.5) is 4.79 Å². The number of carbonyl (C=O) groups excluding carboxylic acids is 2. The van der Waals surface area contributed by atoms with Crippen LogP contribution in [0.1, 0.15) is 9.75 Å². The van der Waals surface area contributed by atoms with Crippen LogP contribution < -0.4 is 5.32 Å². The maximum Gasteiger partial charge on any atom is 0.290 e. The van der Waals surface area contributed by atoms with Gasteiger partial charge >= 0.3 is 0 Å². The van der Waals surface area contributed by atoms with Gasteiger partial charge in [-0.1, -0.05) is 0 Å². The lowest BCUT2D eigenvalue weighted by Gasteiger charge is -1.87.